The van der Waals surface area contributed by atoms with Gasteiger partial charge in [0.25, 0.3) is 0 Å². The Morgan fingerprint density at radius 1 is 0.438 bits per heavy atom. The van der Waals surface area contributed by atoms with E-state index in [0.717, 1.165) is 38.9 Å². The van der Waals surface area contributed by atoms with Gasteiger partial charge in [0.05, 0.1) is 12.2 Å². The van der Waals surface area contributed by atoms with Gasteiger partial charge in [-0.05, 0) is 51.1 Å². The summed E-state index contributed by atoms with van der Waals surface area (Å²) < 4.78 is 40.6. The van der Waals surface area contributed by atoms with Crippen LogP contribution in [0.1, 0.15) is 62.3 Å². The summed E-state index contributed by atoms with van der Waals surface area (Å²) in [4.78, 5) is 0. The molecule has 1 aliphatic rings. The lowest BCUT2D eigenvalue weighted by Crippen LogP contribution is -2.34. The van der Waals surface area contributed by atoms with Gasteiger partial charge in [-0.15, -0.1) is 0 Å². The molecule has 64 heavy (non-hydrogen) atoms. The fourth-order valence-corrected chi connectivity index (χ4v) is 7.90. The average molecular weight is 847 g/mol. The quantitative estimate of drug-likeness (QED) is 0.0922. The number of ether oxygens (including phenoxy) is 6. The third kappa shape index (κ3) is 10.5. The molecule has 0 spiro atoms. The van der Waals surface area contributed by atoms with E-state index in [4.69, 9.17) is 28.4 Å². The van der Waals surface area contributed by atoms with E-state index in [0.29, 0.717) is 72.7 Å². The minimum Gasteiger partial charge on any atom is -0.488 e. The Labute approximate surface area is 375 Å². The molecule has 8 aromatic rings. The van der Waals surface area contributed by atoms with Crippen molar-refractivity contribution in [3.05, 3.63) is 256 Å². The molecule has 7 heteroatoms. The van der Waals surface area contributed by atoms with Crippen molar-refractivity contribution in [3.8, 4) is 28.7 Å². The topological polar surface area (TPSA) is 75.6 Å². The van der Waals surface area contributed by atoms with Gasteiger partial charge in [0.15, 0.2) is 17.6 Å². The van der Waals surface area contributed by atoms with Gasteiger partial charge in [-0.2, -0.15) is 0 Å². The molecule has 1 unspecified atom stereocenters. The first kappa shape index (κ1) is 42.0. The lowest BCUT2D eigenvalue weighted by atomic mass is 9.89. The fraction of sp³-hybridized carbons (Fsp3) is 0.158. The van der Waals surface area contributed by atoms with Crippen LogP contribution in [0, 0.1) is 0 Å². The van der Waals surface area contributed by atoms with Crippen LogP contribution in [0.2, 0.25) is 0 Å². The minimum atomic E-state index is -1.09. The summed E-state index contributed by atoms with van der Waals surface area (Å²) in [5.41, 5.74) is 7.92. The zero-order chi connectivity index (χ0) is 43.3. The highest BCUT2D eigenvalue weighted by Crippen LogP contribution is 2.51. The average Bonchev–Trinajstić information content (AvgIpc) is 3.37. The Kier molecular flexibility index (Phi) is 13.6. The van der Waals surface area contributed by atoms with Crippen LogP contribution in [0.5, 0.6) is 28.7 Å². The van der Waals surface area contributed by atoms with Crippen LogP contribution < -0.4 is 23.7 Å². The second kappa shape index (κ2) is 20.7. The molecule has 0 bridgehead atoms. The van der Waals surface area contributed by atoms with E-state index < -0.39 is 18.3 Å². The second-order valence-corrected chi connectivity index (χ2v) is 15.8. The summed E-state index contributed by atoms with van der Waals surface area (Å²) in [6.07, 6.45) is -1.81. The van der Waals surface area contributed by atoms with Gasteiger partial charge in [-0.25, -0.2) is 0 Å². The molecule has 9 rings (SSSR count). The summed E-state index contributed by atoms with van der Waals surface area (Å²) in [6.45, 7) is 1.65. The second-order valence-electron chi connectivity index (χ2n) is 15.8. The van der Waals surface area contributed by atoms with Crippen molar-refractivity contribution in [1.82, 2.24) is 0 Å². The van der Waals surface area contributed by atoms with Gasteiger partial charge in [-0.3, -0.25) is 0 Å². The number of hydrogen-bond acceptors (Lipinski definition) is 7. The highest BCUT2D eigenvalue weighted by atomic mass is 16.6. The van der Waals surface area contributed by atoms with Gasteiger partial charge in [0.2, 0.25) is 0 Å². The van der Waals surface area contributed by atoms with Crippen molar-refractivity contribution in [2.24, 2.45) is 0 Å². The molecule has 0 amide bonds. The molecule has 7 nitrogen and oxygen atoms in total. The standard InChI is InChI=1S/C57H50O7/c58-55(46-29-17-6-18-30-46)54-52(62-39-44-25-13-4-14-26-44)35-50(60-37-42-21-9-2-10-22-42)48-34-53(63-40-45-27-15-5-16-28-45)56(64-57(48)54)47-31-32-49(59-36-41-19-7-1-8-20-41)51(33-47)61-38-43-23-11-3-12-24-43/h1-33,35,53,55-56,58H,34,36-40H2/t53-,55?,56+/m0/s1. The number of rotatable bonds is 18. The Balaban J connectivity index is 1.16. The highest BCUT2D eigenvalue weighted by molar-refractivity contribution is 5.61. The maximum absolute atomic E-state index is 12.4. The number of fused-ring (bicyclic) bond motifs is 1. The highest BCUT2D eigenvalue weighted by Gasteiger charge is 2.39. The van der Waals surface area contributed by atoms with Gasteiger partial charge >= 0.3 is 0 Å². The van der Waals surface area contributed by atoms with E-state index in [1.807, 2.05) is 194 Å². The van der Waals surface area contributed by atoms with Crippen LogP contribution in [0.25, 0.3) is 0 Å². The Bertz CT molecular complexity index is 2680. The number of hydrogen-bond donors (Lipinski definition) is 1. The smallest absolute Gasteiger partial charge is 0.162 e. The zero-order valence-corrected chi connectivity index (χ0v) is 35.5. The molecule has 0 saturated heterocycles. The largest absolute Gasteiger partial charge is 0.488 e. The van der Waals surface area contributed by atoms with Crippen LogP contribution in [0.4, 0.5) is 0 Å². The molecule has 0 fully saturated rings. The van der Waals surface area contributed by atoms with Crippen molar-refractivity contribution in [1.29, 1.82) is 0 Å². The number of benzene rings is 8. The maximum atomic E-state index is 12.4. The van der Waals surface area contributed by atoms with Crippen molar-refractivity contribution < 1.29 is 33.5 Å². The molecule has 8 aromatic carbocycles. The maximum Gasteiger partial charge on any atom is 0.162 e. The SMILES string of the molecule is OC(c1ccccc1)c1c(OCc2ccccc2)cc(OCc2ccccc2)c2c1O[C@H](c1ccc(OCc3ccccc3)c(OCc3ccccc3)c1)[C@@H](OCc1ccccc1)C2. The summed E-state index contributed by atoms with van der Waals surface area (Å²) in [7, 11) is 0. The van der Waals surface area contributed by atoms with Gasteiger partial charge in [0, 0.05) is 18.1 Å². The molecular weight excluding hydrogens is 797 g/mol. The van der Waals surface area contributed by atoms with E-state index in [9.17, 15) is 5.11 Å². The van der Waals surface area contributed by atoms with E-state index in [1.165, 1.54) is 0 Å². The molecule has 1 heterocycles. The summed E-state index contributed by atoms with van der Waals surface area (Å²) in [5, 5.41) is 12.4. The molecule has 0 radical (unpaired) electrons. The predicted octanol–water partition coefficient (Wildman–Crippen LogP) is 12.3. The van der Waals surface area contributed by atoms with Crippen molar-refractivity contribution in [2.75, 3.05) is 0 Å². The molecule has 1 aliphatic heterocycles. The van der Waals surface area contributed by atoms with Gasteiger partial charge in [-0.1, -0.05) is 188 Å². The summed E-state index contributed by atoms with van der Waals surface area (Å²) >= 11 is 0. The monoisotopic (exact) mass is 846 g/mol. The van der Waals surface area contributed by atoms with Crippen LogP contribution in [0.3, 0.4) is 0 Å². The molecular formula is C57H50O7. The molecule has 1 N–H and O–H groups in total. The van der Waals surface area contributed by atoms with E-state index in [1.54, 1.807) is 0 Å². The van der Waals surface area contributed by atoms with E-state index >= 15 is 0 Å². The van der Waals surface area contributed by atoms with Crippen molar-refractivity contribution in [2.45, 2.75) is 57.8 Å². The van der Waals surface area contributed by atoms with Crippen LogP contribution in [-0.2, 0) is 44.2 Å². The van der Waals surface area contributed by atoms with E-state index in [2.05, 4.69) is 12.1 Å². The minimum absolute atomic E-state index is 0.269. The molecule has 0 saturated carbocycles. The molecule has 0 aromatic heterocycles. The molecule has 320 valence electrons. The first-order chi connectivity index (χ1) is 31.6. The van der Waals surface area contributed by atoms with Crippen molar-refractivity contribution in [3.63, 3.8) is 0 Å². The first-order valence-electron chi connectivity index (χ1n) is 21.7. The Hall–Kier alpha value is -7.32. The molecule has 3 atom stereocenters. The van der Waals surface area contributed by atoms with Crippen LogP contribution in [0.15, 0.2) is 206 Å². The van der Waals surface area contributed by atoms with Crippen LogP contribution in [-0.4, -0.2) is 11.2 Å². The number of aliphatic hydroxyl groups is 1. The third-order valence-electron chi connectivity index (χ3n) is 11.3. The first-order valence-corrected chi connectivity index (χ1v) is 21.7. The number of aliphatic hydroxyl groups excluding tert-OH is 1. The Morgan fingerprint density at radius 3 is 1.36 bits per heavy atom. The van der Waals surface area contributed by atoms with Crippen molar-refractivity contribution >= 4 is 0 Å². The zero-order valence-electron chi connectivity index (χ0n) is 35.5. The lowest BCUT2D eigenvalue weighted by Gasteiger charge is -2.37. The predicted molar refractivity (Wildman–Crippen MR) is 249 cm³/mol. The van der Waals surface area contributed by atoms with E-state index in [-0.39, 0.29) is 6.61 Å². The van der Waals surface area contributed by atoms with Gasteiger partial charge in [0.1, 0.15) is 55.9 Å². The fourth-order valence-electron chi connectivity index (χ4n) is 7.90. The summed E-state index contributed by atoms with van der Waals surface area (Å²) in [5.74, 6) is 2.72. The summed E-state index contributed by atoms with van der Waals surface area (Å²) in [6, 6.07) is 67.8. The van der Waals surface area contributed by atoms with Gasteiger partial charge < -0.3 is 33.5 Å². The Morgan fingerprint density at radius 2 is 0.859 bits per heavy atom. The third-order valence-corrected chi connectivity index (χ3v) is 11.3. The van der Waals surface area contributed by atoms with Crippen LogP contribution >= 0.6 is 0 Å². The normalized spacial score (nSPS) is 14.7. The molecule has 0 aliphatic carbocycles. The lowest BCUT2D eigenvalue weighted by molar-refractivity contribution is -0.0478.